The van der Waals surface area contributed by atoms with Crippen LogP contribution in [0.4, 0.5) is 0 Å². The summed E-state index contributed by atoms with van der Waals surface area (Å²) >= 11 is 0. The van der Waals surface area contributed by atoms with Crippen molar-refractivity contribution in [3.05, 3.63) is 0 Å². The summed E-state index contributed by atoms with van der Waals surface area (Å²) in [6.45, 7) is 13.4. The highest BCUT2D eigenvalue weighted by atomic mass is 14.5. The first kappa shape index (κ1) is 22.7. The van der Waals surface area contributed by atoms with Crippen molar-refractivity contribution in [2.45, 2.75) is 144 Å². The van der Waals surface area contributed by atoms with Gasteiger partial charge in [-0.2, -0.15) is 0 Å². The fraction of sp³-hybridized carbons (Fsp3) is 1.00. The van der Waals surface area contributed by atoms with Gasteiger partial charge in [-0.05, 0) is 85.4 Å². The molecule has 0 aliphatic heterocycles. The summed E-state index contributed by atoms with van der Waals surface area (Å²) in [7, 11) is 0. The van der Waals surface area contributed by atoms with E-state index in [1.54, 1.807) is 0 Å². The maximum atomic E-state index is 2.75. The Hall–Kier alpha value is 0. The summed E-state index contributed by atoms with van der Waals surface area (Å²) in [5.41, 5.74) is 1.59. The van der Waals surface area contributed by atoms with Crippen molar-refractivity contribution in [1.29, 1.82) is 0 Å². The molecule has 0 N–H and O–H groups in total. The predicted molar refractivity (Wildman–Crippen MR) is 125 cm³/mol. The molecule has 3 aliphatic rings. The van der Waals surface area contributed by atoms with Crippen LogP contribution in [0.15, 0.2) is 0 Å². The molecule has 0 aromatic carbocycles. The average Bonchev–Trinajstić information content (AvgIpc) is 2.69. The fourth-order valence-electron chi connectivity index (χ4n) is 8.29. The van der Waals surface area contributed by atoms with Gasteiger partial charge in [0, 0.05) is 0 Å². The quantitative estimate of drug-likeness (QED) is 0.407. The van der Waals surface area contributed by atoms with Gasteiger partial charge in [0.1, 0.15) is 0 Å². The molecule has 0 bridgehead atoms. The normalized spacial score (nSPS) is 25.2. The Labute approximate surface area is 178 Å². The molecule has 0 atom stereocenters. The monoisotopic (exact) mass is 388 g/mol. The number of hydrogen-bond acceptors (Lipinski definition) is 0. The van der Waals surface area contributed by atoms with Gasteiger partial charge in [-0.3, -0.25) is 0 Å². The topological polar surface area (TPSA) is 0 Å². The van der Waals surface area contributed by atoms with Gasteiger partial charge < -0.3 is 0 Å². The molecule has 0 unspecified atom stereocenters. The first-order valence-corrected chi connectivity index (χ1v) is 13.2. The number of rotatable bonds is 7. The zero-order valence-corrected chi connectivity index (χ0v) is 20.3. The van der Waals surface area contributed by atoms with E-state index in [2.05, 4.69) is 34.6 Å². The Morgan fingerprint density at radius 3 is 1.04 bits per heavy atom. The van der Waals surface area contributed by atoms with Gasteiger partial charge in [0.05, 0.1) is 0 Å². The summed E-state index contributed by atoms with van der Waals surface area (Å²) in [6, 6.07) is 0. The Morgan fingerprint density at radius 1 is 0.429 bits per heavy atom. The molecular formula is C28H52. The molecule has 3 saturated carbocycles. The lowest BCUT2D eigenvalue weighted by atomic mass is 9.53. The Balaban J connectivity index is 1.78. The number of hydrogen-bond donors (Lipinski definition) is 0. The van der Waals surface area contributed by atoms with E-state index < -0.39 is 0 Å². The van der Waals surface area contributed by atoms with E-state index in [-0.39, 0.29) is 0 Å². The van der Waals surface area contributed by atoms with Gasteiger partial charge in [-0.25, -0.2) is 0 Å². The van der Waals surface area contributed by atoms with Gasteiger partial charge in [-0.15, -0.1) is 0 Å². The van der Waals surface area contributed by atoms with Crippen LogP contribution in [0, 0.1) is 34.0 Å². The third-order valence-electron chi connectivity index (χ3n) is 9.73. The molecule has 0 aromatic heterocycles. The second-order valence-electron chi connectivity index (χ2n) is 13.0. The molecule has 28 heavy (non-hydrogen) atoms. The summed E-state index contributed by atoms with van der Waals surface area (Å²) in [4.78, 5) is 0. The highest BCUT2D eigenvalue weighted by molar-refractivity contribution is 4.96. The summed E-state index contributed by atoms with van der Waals surface area (Å²) in [5.74, 6) is 2.93. The predicted octanol–water partition coefficient (Wildman–Crippen LogP) is 9.57. The first-order valence-electron chi connectivity index (χ1n) is 13.2. The van der Waals surface area contributed by atoms with Crippen LogP contribution >= 0.6 is 0 Å². The van der Waals surface area contributed by atoms with Crippen LogP contribution in [-0.2, 0) is 0 Å². The zero-order chi connectivity index (χ0) is 20.3. The minimum Gasteiger partial charge on any atom is -0.0596 e. The van der Waals surface area contributed by atoms with E-state index in [0.717, 1.165) is 17.8 Å². The lowest BCUT2D eigenvalue weighted by Crippen LogP contribution is -2.42. The van der Waals surface area contributed by atoms with Gasteiger partial charge in [0.15, 0.2) is 0 Å². The maximum Gasteiger partial charge on any atom is -0.0287 e. The van der Waals surface area contributed by atoms with Crippen molar-refractivity contribution in [3.8, 4) is 0 Å². The summed E-state index contributed by atoms with van der Waals surface area (Å²) in [5, 5.41) is 0. The first-order chi connectivity index (χ1) is 13.2. The van der Waals surface area contributed by atoms with Crippen molar-refractivity contribution < 1.29 is 0 Å². The summed E-state index contributed by atoms with van der Waals surface area (Å²) in [6.07, 6.45) is 25.4. The van der Waals surface area contributed by atoms with Crippen LogP contribution < -0.4 is 0 Å². The second-order valence-corrected chi connectivity index (χ2v) is 13.0. The molecule has 3 fully saturated rings. The van der Waals surface area contributed by atoms with Crippen molar-refractivity contribution in [1.82, 2.24) is 0 Å². The standard InChI is InChI=1S/C28H52/c1-26(2,23-15-9-6-10-16-23)21-28(5,25-19-13-8-14-20-25)22-27(3,4)24-17-11-7-12-18-24/h23-25H,6-22H2,1-5H3. The van der Waals surface area contributed by atoms with Crippen LogP contribution in [0.1, 0.15) is 144 Å². The Kier molecular flexibility index (Phi) is 7.64. The van der Waals surface area contributed by atoms with Crippen molar-refractivity contribution in [2.24, 2.45) is 34.0 Å². The Morgan fingerprint density at radius 2 is 0.714 bits per heavy atom. The molecule has 3 aliphatic carbocycles. The van der Waals surface area contributed by atoms with Crippen LogP contribution in [0.3, 0.4) is 0 Å². The van der Waals surface area contributed by atoms with E-state index in [1.807, 2.05) is 0 Å². The Bertz CT molecular complexity index is 420. The van der Waals surface area contributed by atoms with E-state index in [9.17, 15) is 0 Å². The smallest absolute Gasteiger partial charge is 0.0287 e. The molecule has 0 aromatic rings. The summed E-state index contributed by atoms with van der Waals surface area (Å²) < 4.78 is 0. The third kappa shape index (κ3) is 5.57. The largest absolute Gasteiger partial charge is 0.0596 e. The molecule has 0 saturated heterocycles. The van der Waals surface area contributed by atoms with E-state index in [0.29, 0.717) is 16.2 Å². The average molecular weight is 389 g/mol. The van der Waals surface area contributed by atoms with Gasteiger partial charge in [-0.1, -0.05) is 92.4 Å². The molecule has 0 radical (unpaired) electrons. The molecule has 0 nitrogen and oxygen atoms in total. The van der Waals surface area contributed by atoms with Crippen LogP contribution in [0.5, 0.6) is 0 Å². The molecule has 0 amide bonds. The van der Waals surface area contributed by atoms with Gasteiger partial charge in [0.25, 0.3) is 0 Å². The minimum absolute atomic E-state index is 0.523. The van der Waals surface area contributed by atoms with Crippen molar-refractivity contribution in [3.63, 3.8) is 0 Å². The van der Waals surface area contributed by atoms with Crippen molar-refractivity contribution >= 4 is 0 Å². The lowest BCUT2D eigenvalue weighted by molar-refractivity contribution is -0.0177. The zero-order valence-electron chi connectivity index (χ0n) is 20.3. The molecule has 0 heterocycles. The molecule has 3 rings (SSSR count). The SMILES string of the molecule is CC(C)(CC(C)(CC(C)(C)C1CCCCC1)C1CCCCC1)C1CCCCC1. The van der Waals surface area contributed by atoms with E-state index in [1.165, 1.54) is 109 Å². The van der Waals surface area contributed by atoms with Crippen LogP contribution in [-0.4, -0.2) is 0 Å². The lowest BCUT2D eigenvalue weighted by Gasteiger charge is -2.52. The van der Waals surface area contributed by atoms with Crippen LogP contribution in [0.25, 0.3) is 0 Å². The third-order valence-corrected chi connectivity index (χ3v) is 9.73. The fourth-order valence-corrected chi connectivity index (χ4v) is 8.29. The van der Waals surface area contributed by atoms with E-state index >= 15 is 0 Å². The molecule has 164 valence electrons. The second kappa shape index (κ2) is 9.43. The van der Waals surface area contributed by atoms with Crippen LogP contribution in [0.2, 0.25) is 0 Å². The highest BCUT2D eigenvalue weighted by Crippen LogP contribution is 2.56. The van der Waals surface area contributed by atoms with Gasteiger partial charge >= 0.3 is 0 Å². The highest BCUT2D eigenvalue weighted by Gasteiger charge is 2.46. The maximum absolute atomic E-state index is 2.75. The van der Waals surface area contributed by atoms with E-state index in [4.69, 9.17) is 0 Å². The molecule has 0 heteroatoms. The minimum atomic E-state index is 0.523. The van der Waals surface area contributed by atoms with Crippen molar-refractivity contribution in [2.75, 3.05) is 0 Å². The molecular weight excluding hydrogens is 336 g/mol. The molecule has 0 spiro atoms. The van der Waals surface area contributed by atoms with Gasteiger partial charge in [0.2, 0.25) is 0 Å².